The first-order valence-electron chi connectivity index (χ1n) is 25.7. The van der Waals surface area contributed by atoms with E-state index in [0.29, 0.717) is 13.2 Å². The lowest BCUT2D eigenvalue weighted by Crippen LogP contribution is -2.27. The van der Waals surface area contributed by atoms with Crippen molar-refractivity contribution in [1.29, 1.82) is 0 Å². The molecule has 0 aliphatic carbocycles. The van der Waals surface area contributed by atoms with Gasteiger partial charge in [-0.05, 0) is 211 Å². The Labute approximate surface area is 399 Å². The van der Waals surface area contributed by atoms with E-state index in [1.807, 2.05) is 0 Å². The first-order chi connectivity index (χ1) is 30.9. The Morgan fingerprint density at radius 2 is 0.631 bits per heavy atom. The molecule has 0 amide bonds. The first-order valence-corrected chi connectivity index (χ1v) is 25.7. The minimum atomic E-state index is -0.296. The van der Waals surface area contributed by atoms with Crippen LogP contribution in [0.2, 0.25) is 0 Å². The fraction of sp³-hybridized carbons (Fsp3) is 0.667. The molecule has 4 aliphatic rings. The van der Waals surface area contributed by atoms with Crippen LogP contribution in [0, 0.1) is 0 Å². The number of hydrogen-bond acceptors (Lipinski definition) is 5. The highest BCUT2D eigenvalue weighted by molar-refractivity contribution is 5.24. The van der Waals surface area contributed by atoms with Crippen molar-refractivity contribution in [2.45, 2.75) is 247 Å². The Morgan fingerprint density at radius 1 is 0.369 bits per heavy atom. The highest BCUT2D eigenvalue weighted by atomic mass is 16.7. The zero-order chi connectivity index (χ0) is 47.6. The molecule has 0 aromatic heterocycles. The van der Waals surface area contributed by atoms with Gasteiger partial charge in [0, 0.05) is 0 Å². The standard InChI is InChI=1S/C60H94O5/c1-43(2)25-19-31-49(9)35-21-33-45(5)27-15-17-29-47(7)37-23-39-51(11)53-55(62-53)57-59(13,64-57)41-61-42-60(14)58(65-60)56-54(63-56)52(12)40-24-38-48(8)30-18-16-28-46(6)34-22-36-50(10)32-20-26-44(3)4/h25-30,35-36,39-40,53-58H,15-24,31-34,37-38,41-42H2,1-14H3/b45-27+,46-28+,47-29+,48-30+,49-35+,50-36+,51-39+,52-40+. The van der Waals surface area contributed by atoms with Crippen molar-refractivity contribution >= 4 is 0 Å². The molecule has 0 aromatic carbocycles. The SMILES string of the molecule is CC(C)=CCC/C(C)=C/CC/C(C)=C/CC/C=C(\C)CC/C=C(\C)C1OC1C1OC1(C)COCC1(C)OC1C1OC1/C(C)=C/CC/C(C)=C/CC/C=C(\C)CC/C=C(\C)CCC=C(C)C. The van der Waals surface area contributed by atoms with Crippen LogP contribution in [0.3, 0.4) is 0 Å². The van der Waals surface area contributed by atoms with Crippen molar-refractivity contribution in [3.05, 3.63) is 116 Å². The summed E-state index contributed by atoms with van der Waals surface area (Å²) in [6.45, 7) is 32.2. The number of ether oxygens (including phenoxy) is 5. The van der Waals surface area contributed by atoms with Crippen LogP contribution < -0.4 is 0 Å². The van der Waals surface area contributed by atoms with Gasteiger partial charge in [-0.15, -0.1) is 0 Å². The third-order valence-corrected chi connectivity index (χ3v) is 13.8. The fourth-order valence-electron chi connectivity index (χ4n) is 8.96. The van der Waals surface area contributed by atoms with E-state index >= 15 is 0 Å². The third-order valence-electron chi connectivity index (χ3n) is 13.8. The Hall–Kier alpha value is -2.80. The van der Waals surface area contributed by atoms with Crippen molar-refractivity contribution in [2.75, 3.05) is 13.2 Å². The van der Waals surface area contributed by atoms with Crippen LogP contribution in [-0.2, 0) is 23.7 Å². The van der Waals surface area contributed by atoms with Crippen molar-refractivity contribution in [3.63, 3.8) is 0 Å². The summed E-state index contributed by atoms with van der Waals surface area (Å²) >= 11 is 0. The van der Waals surface area contributed by atoms with E-state index in [2.05, 4.69) is 158 Å². The molecule has 0 N–H and O–H groups in total. The Balaban J connectivity index is 1.03. The minimum absolute atomic E-state index is 0.0867. The number of epoxide rings is 4. The second-order valence-corrected chi connectivity index (χ2v) is 21.4. The summed E-state index contributed by atoms with van der Waals surface area (Å²) < 4.78 is 30.9. The van der Waals surface area contributed by atoms with Crippen LogP contribution in [0.5, 0.6) is 0 Å². The molecule has 8 atom stereocenters. The van der Waals surface area contributed by atoms with Gasteiger partial charge in [-0.3, -0.25) is 0 Å². The van der Waals surface area contributed by atoms with E-state index in [-0.39, 0.29) is 47.8 Å². The molecule has 4 saturated heterocycles. The van der Waals surface area contributed by atoms with Crippen molar-refractivity contribution in [3.8, 4) is 0 Å². The van der Waals surface area contributed by atoms with Gasteiger partial charge in [0.15, 0.2) is 0 Å². The highest BCUT2D eigenvalue weighted by Gasteiger charge is 2.67. The van der Waals surface area contributed by atoms with Crippen LogP contribution in [0.4, 0.5) is 0 Å². The van der Waals surface area contributed by atoms with Gasteiger partial charge in [0.25, 0.3) is 0 Å². The molecule has 4 rings (SSSR count). The summed E-state index contributed by atoms with van der Waals surface area (Å²) in [5, 5.41) is 0. The molecule has 0 spiro atoms. The van der Waals surface area contributed by atoms with Crippen molar-refractivity contribution in [2.24, 2.45) is 0 Å². The molecule has 5 heteroatoms. The van der Waals surface area contributed by atoms with Gasteiger partial charge in [-0.1, -0.05) is 105 Å². The summed E-state index contributed by atoms with van der Waals surface area (Å²) in [4.78, 5) is 0. The third kappa shape index (κ3) is 20.9. The summed E-state index contributed by atoms with van der Waals surface area (Å²) in [5.41, 5.74) is 13.8. The van der Waals surface area contributed by atoms with Gasteiger partial charge in [0.2, 0.25) is 0 Å². The minimum Gasteiger partial charge on any atom is -0.375 e. The van der Waals surface area contributed by atoms with E-state index in [1.165, 1.54) is 68.6 Å². The summed E-state index contributed by atoms with van der Waals surface area (Å²) in [5.74, 6) is 0. The van der Waals surface area contributed by atoms with Gasteiger partial charge in [0.1, 0.15) is 47.8 Å². The average Bonchev–Trinajstić information content (AvgIpc) is 4.07. The molecule has 0 bridgehead atoms. The lowest BCUT2D eigenvalue weighted by Gasteiger charge is -2.10. The Morgan fingerprint density at radius 3 is 0.923 bits per heavy atom. The molecule has 0 radical (unpaired) electrons. The van der Waals surface area contributed by atoms with E-state index in [4.69, 9.17) is 23.7 Å². The number of unbranched alkanes of at least 4 members (excludes halogenated alkanes) is 2. The van der Waals surface area contributed by atoms with Gasteiger partial charge in [-0.25, -0.2) is 0 Å². The topological polar surface area (TPSA) is 59.4 Å². The van der Waals surface area contributed by atoms with Crippen LogP contribution in [0.15, 0.2) is 116 Å². The predicted octanol–water partition coefficient (Wildman–Crippen LogP) is 16.6. The normalized spacial score (nSPS) is 28.7. The molecule has 0 saturated carbocycles. The molecular formula is C60H94O5. The number of hydrogen-bond donors (Lipinski definition) is 0. The molecule has 4 heterocycles. The van der Waals surface area contributed by atoms with Crippen molar-refractivity contribution in [1.82, 2.24) is 0 Å². The summed E-state index contributed by atoms with van der Waals surface area (Å²) in [6.07, 6.45) is 42.7. The zero-order valence-corrected chi connectivity index (χ0v) is 44.0. The molecule has 5 nitrogen and oxygen atoms in total. The molecule has 4 fully saturated rings. The molecule has 65 heavy (non-hydrogen) atoms. The molecule has 0 aromatic rings. The maximum absolute atomic E-state index is 6.25. The second kappa shape index (κ2) is 27.3. The molecular weight excluding hydrogens is 801 g/mol. The van der Waals surface area contributed by atoms with Gasteiger partial charge < -0.3 is 23.7 Å². The average molecular weight is 895 g/mol. The summed E-state index contributed by atoms with van der Waals surface area (Å²) in [6, 6.07) is 0. The highest BCUT2D eigenvalue weighted by Crippen LogP contribution is 2.51. The zero-order valence-electron chi connectivity index (χ0n) is 44.0. The monoisotopic (exact) mass is 895 g/mol. The van der Waals surface area contributed by atoms with Crippen LogP contribution in [-0.4, -0.2) is 61.0 Å². The Bertz CT molecular complexity index is 1700. The lowest BCUT2D eigenvalue weighted by atomic mass is 10.00. The smallest absolute Gasteiger partial charge is 0.118 e. The van der Waals surface area contributed by atoms with Gasteiger partial charge >= 0.3 is 0 Å². The van der Waals surface area contributed by atoms with E-state index < -0.39 is 0 Å². The molecule has 8 unspecified atom stereocenters. The van der Waals surface area contributed by atoms with Crippen LogP contribution in [0.25, 0.3) is 0 Å². The second-order valence-electron chi connectivity index (χ2n) is 21.4. The van der Waals surface area contributed by atoms with Gasteiger partial charge in [-0.2, -0.15) is 0 Å². The Kier molecular flexibility index (Phi) is 23.0. The van der Waals surface area contributed by atoms with Gasteiger partial charge in [0.05, 0.1) is 13.2 Å². The first kappa shape index (κ1) is 54.8. The van der Waals surface area contributed by atoms with E-state index in [9.17, 15) is 0 Å². The van der Waals surface area contributed by atoms with E-state index in [1.54, 1.807) is 0 Å². The molecule has 364 valence electrons. The number of rotatable bonds is 32. The predicted molar refractivity (Wildman–Crippen MR) is 277 cm³/mol. The fourth-order valence-corrected chi connectivity index (χ4v) is 8.96. The van der Waals surface area contributed by atoms with Crippen LogP contribution in [0.1, 0.15) is 200 Å². The summed E-state index contributed by atoms with van der Waals surface area (Å²) in [7, 11) is 0. The lowest BCUT2D eigenvalue weighted by molar-refractivity contribution is 0.0520. The maximum atomic E-state index is 6.25. The molecule has 4 aliphatic heterocycles. The van der Waals surface area contributed by atoms with Crippen LogP contribution >= 0.6 is 0 Å². The van der Waals surface area contributed by atoms with Crippen molar-refractivity contribution < 1.29 is 23.7 Å². The van der Waals surface area contributed by atoms with E-state index in [0.717, 1.165) is 89.9 Å². The number of allylic oxidation sites excluding steroid dienone is 18. The quantitative estimate of drug-likeness (QED) is 0.0382. The largest absolute Gasteiger partial charge is 0.375 e. The maximum Gasteiger partial charge on any atom is 0.118 e.